The molecular weight excluding hydrogens is 118 g/mol. The van der Waals surface area contributed by atoms with Crippen LogP contribution in [0.25, 0.3) is 0 Å². The maximum Gasteiger partial charge on any atom is 0.229 e. The topological polar surface area (TPSA) is 29.5 Å². The Hall–Kier alpha value is -0.570. The maximum atomic E-state index is 10.7. The van der Waals surface area contributed by atoms with Gasteiger partial charge in [0, 0.05) is 6.54 Å². The lowest BCUT2D eigenvalue weighted by molar-refractivity contribution is -0.156. The zero-order valence-electron chi connectivity index (χ0n) is 5.33. The normalized spacial score (nSPS) is 40.6. The molecule has 1 amide bonds. The van der Waals surface area contributed by atoms with E-state index < -0.39 is 0 Å². The number of hydrogen-bond donors (Lipinski definition) is 0. The van der Waals surface area contributed by atoms with Gasteiger partial charge in [-0.25, -0.2) is 0 Å². The molecule has 2 fully saturated rings. The van der Waals surface area contributed by atoms with Gasteiger partial charge in [-0.2, -0.15) is 0 Å². The van der Waals surface area contributed by atoms with Gasteiger partial charge in [0.1, 0.15) is 6.23 Å². The summed E-state index contributed by atoms with van der Waals surface area (Å²) in [5, 5.41) is 0. The fourth-order valence-electron chi connectivity index (χ4n) is 1.35. The lowest BCUT2D eigenvalue weighted by atomic mass is 10.2. The third-order valence-corrected chi connectivity index (χ3v) is 1.86. The highest BCUT2D eigenvalue weighted by Gasteiger charge is 2.43. The van der Waals surface area contributed by atoms with Crippen LogP contribution in [0.5, 0.6) is 0 Å². The summed E-state index contributed by atoms with van der Waals surface area (Å²) in [4.78, 5) is 12.5. The lowest BCUT2D eigenvalue weighted by Gasteiger charge is -2.31. The summed E-state index contributed by atoms with van der Waals surface area (Å²) in [6, 6.07) is 0. The first-order valence-electron chi connectivity index (χ1n) is 3.22. The second-order valence-corrected chi connectivity index (χ2v) is 2.65. The van der Waals surface area contributed by atoms with E-state index in [2.05, 4.69) is 0 Å². The van der Waals surface area contributed by atoms with Crippen LogP contribution in [0.15, 0.2) is 0 Å². The van der Waals surface area contributed by atoms with Crippen molar-refractivity contribution in [2.24, 2.45) is 0 Å². The second-order valence-electron chi connectivity index (χ2n) is 2.65. The highest BCUT2D eigenvalue weighted by Crippen LogP contribution is 2.27. The van der Waals surface area contributed by atoms with Gasteiger partial charge in [-0.15, -0.1) is 0 Å². The molecular formula is C6H9NO2. The van der Waals surface area contributed by atoms with Crippen LogP contribution in [0, 0.1) is 0 Å². The molecule has 0 aliphatic carbocycles. The summed E-state index contributed by atoms with van der Waals surface area (Å²) in [5.41, 5.74) is 0. The molecule has 2 aliphatic rings. The van der Waals surface area contributed by atoms with E-state index in [1.807, 2.05) is 6.92 Å². The number of amides is 1. The van der Waals surface area contributed by atoms with Crippen LogP contribution in [-0.4, -0.2) is 29.7 Å². The summed E-state index contributed by atoms with van der Waals surface area (Å²) in [7, 11) is 0. The van der Waals surface area contributed by atoms with Crippen molar-refractivity contribution in [1.29, 1.82) is 0 Å². The smallest absolute Gasteiger partial charge is 0.229 e. The molecule has 2 rings (SSSR count). The van der Waals surface area contributed by atoms with E-state index in [1.54, 1.807) is 4.90 Å². The molecule has 2 aliphatic heterocycles. The average molecular weight is 127 g/mol. The zero-order chi connectivity index (χ0) is 6.43. The maximum absolute atomic E-state index is 10.7. The highest BCUT2D eigenvalue weighted by atomic mass is 16.5. The number of nitrogens with zero attached hydrogens (tertiary/aromatic N) is 1. The molecule has 50 valence electrons. The number of β-lactam (4-membered cyclic amide) rings is 1. The molecule has 0 radical (unpaired) electrons. The van der Waals surface area contributed by atoms with Gasteiger partial charge < -0.3 is 9.64 Å². The van der Waals surface area contributed by atoms with Crippen molar-refractivity contribution in [1.82, 2.24) is 4.90 Å². The minimum Gasteiger partial charge on any atom is -0.353 e. The van der Waals surface area contributed by atoms with Gasteiger partial charge in [0.15, 0.2) is 0 Å². The van der Waals surface area contributed by atoms with Gasteiger partial charge in [0.25, 0.3) is 0 Å². The summed E-state index contributed by atoms with van der Waals surface area (Å²) < 4.78 is 5.34. The summed E-state index contributed by atoms with van der Waals surface area (Å²) in [5.74, 6) is 0.240. The molecule has 0 spiro atoms. The molecule has 0 aromatic heterocycles. The Morgan fingerprint density at radius 3 is 3.00 bits per heavy atom. The van der Waals surface area contributed by atoms with E-state index in [1.165, 1.54) is 0 Å². The molecule has 0 N–H and O–H groups in total. The summed E-state index contributed by atoms with van der Waals surface area (Å²) in [6.45, 7) is 2.79. The van der Waals surface area contributed by atoms with Gasteiger partial charge in [0.05, 0.1) is 12.5 Å². The van der Waals surface area contributed by atoms with Crippen molar-refractivity contribution in [2.45, 2.75) is 25.7 Å². The average Bonchev–Trinajstić information content (AvgIpc) is 2.08. The fourth-order valence-corrected chi connectivity index (χ4v) is 1.35. The van der Waals surface area contributed by atoms with Crippen LogP contribution in [0.4, 0.5) is 0 Å². The zero-order valence-corrected chi connectivity index (χ0v) is 5.33. The van der Waals surface area contributed by atoms with Crippen molar-refractivity contribution < 1.29 is 9.53 Å². The Morgan fingerprint density at radius 1 is 1.78 bits per heavy atom. The number of carbonyl (C=O) groups excluding carboxylic acids is 1. The largest absolute Gasteiger partial charge is 0.353 e. The molecule has 2 saturated heterocycles. The predicted molar refractivity (Wildman–Crippen MR) is 30.7 cm³/mol. The van der Waals surface area contributed by atoms with Gasteiger partial charge in [-0.05, 0) is 6.92 Å². The van der Waals surface area contributed by atoms with E-state index in [-0.39, 0.29) is 18.2 Å². The fraction of sp³-hybridized carbons (Fsp3) is 0.833. The Kier molecular flexibility index (Phi) is 0.858. The van der Waals surface area contributed by atoms with Crippen LogP contribution in [0.1, 0.15) is 13.3 Å². The third-order valence-electron chi connectivity index (χ3n) is 1.86. The van der Waals surface area contributed by atoms with Crippen LogP contribution < -0.4 is 0 Å². The minimum absolute atomic E-state index is 0.132. The molecule has 0 unspecified atom stereocenters. The van der Waals surface area contributed by atoms with Crippen LogP contribution in [0.3, 0.4) is 0 Å². The number of fused-ring (bicyclic) bond motifs is 1. The molecule has 3 nitrogen and oxygen atoms in total. The second kappa shape index (κ2) is 1.48. The van der Waals surface area contributed by atoms with Gasteiger partial charge in [-0.1, -0.05) is 0 Å². The number of hydrogen-bond acceptors (Lipinski definition) is 2. The molecule has 0 saturated carbocycles. The van der Waals surface area contributed by atoms with Crippen molar-refractivity contribution in [3.8, 4) is 0 Å². The molecule has 0 aromatic rings. The molecule has 3 heteroatoms. The molecule has 0 aromatic carbocycles. The Labute approximate surface area is 53.6 Å². The van der Waals surface area contributed by atoms with Gasteiger partial charge in [0.2, 0.25) is 5.91 Å². The first kappa shape index (κ1) is 5.23. The Balaban J connectivity index is 2.08. The predicted octanol–water partition coefficient (Wildman–Crippen LogP) is -0.0365. The SMILES string of the molecule is C[C@H]1CN2C(=O)C[C@@H]2O1. The standard InChI is InChI=1S/C6H9NO2/c1-4-3-7-5(8)2-6(7)9-4/h4,6H,2-3H2,1H3/t4-,6-/m0/s1. The molecule has 2 heterocycles. The Morgan fingerprint density at radius 2 is 2.56 bits per heavy atom. The number of ether oxygens (including phenoxy) is 1. The van der Waals surface area contributed by atoms with E-state index in [9.17, 15) is 4.79 Å². The summed E-state index contributed by atoms with van der Waals surface area (Å²) in [6.07, 6.45) is 0.985. The number of rotatable bonds is 0. The van der Waals surface area contributed by atoms with Crippen molar-refractivity contribution >= 4 is 5.91 Å². The van der Waals surface area contributed by atoms with Crippen molar-refractivity contribution in [3.05, 3.63) is 0 Å². The third kappa shape index (κ3) is 0.580. The quantitative estimate of drug-likeness (QED) is 0.427. The molecule has 2 atom stereocenters. The van der Waals surface area contributed by atoms with Crippen molar-refractivity contribution in [2.75, 3.05) is 6.54 Å². The minimum atomic E-state index is 0.132. The first-order valence-corrected chi connectivity index (χ1v) is 3.22. The van der Waals surface area contributed by atoms with Crippen LogP contribution in [-0.2, 0) is 9.53 Å². The molecule has 9 heavy (non-hydrogen) atoms. The van der Waals surface area contributed by atoms with E-state index >= 15 is 0 Å². The summed E-state index contributed by atoms with van der Waals surface area (Å²) >= 11 is 0. The lowest BCUT2D eigenvalue weighted by Crippen LogP contribution is -2.48. The monoisotopic (exact) mass is 127 g/mol. The van der Waals surface area contributed by atoms with Gasteiger partial charge in [-0.3, -0.25) is 4.79 Å². The van der Waals surface area contributed by atoms with Crippen molar-refractivity contribution in [3.63, 3.8) is 0 Å². The van der Waals surface area contributed by atoms with E-state index in [0.29, 0.717) is 6.42 Å². The van der Waals surface area contributed by atoms with E-state index in [0.717, 1.165) is 6.54 Å². The first-order chi connectivity index (χ1) is 4.27. The van der Waals surface area contributed by atoms with E-state index in [4.69, 9.17) is 4.74 Å². The van der Waals surface area contributed by atoms with Crippen LogP contribution in [0.2, 0.25) is 0 Å². The van der Waals surface area contributed by atoms with Crippen LogP contribution >= 0.6 is 0 Å². The Bertz CT molecular complexity index is 157. The molecule has 0 bridgehead atoms. The number of carbonyl (C=O) groups is 1. The van der Waals surface area contributed by atoms with Gasteiger partial charge >= 0.3 is 0 Å². The highest BCUT2D eigenvalue weighted by molar-refractivity contribution is 5.82.